The number of carbonyl (C=O) groups is 1. The second kappa shape index (κ2) is 10.1. The second-order valence-electron chi connectivity index (χ2n) is 7.20. The van der Waals surface area contributed by atoms with Crippen molar-refractivity contribution in [2.24, 2.45) is 0 Å². The molecule has 0 radical (unpaired) electrons. The number of rotatable bonds is 9. The number of halogens is 1. The molecule has 11 heteroatoms. The number of aromatic nitrogens is 2. The summed E-state index contributed by atoms with van der Waals surface area (Å²) in [6.07, 6.45) is 1.75. The summed E-state index contributed by atoms with van der Waals surface area (Å²) >= 11 is 2.81. The van der Waals surface area contributed by atoms with Gasteiger partial charge in [-0.05, 0) is 54.8 Å². The molecule has 1 saturated heterocycles. The van der Waals surface area contributed by atoms with Gasteiger partial charge < -0.3 is 5.32 Å². The Kier molecular flexibility index (Phi) is 7.19. The van der Waals surface area contributed by atoms with Crippen LogP contribution in [0, 0.1) is 5.82 Å². The standard InChI is InChI=1S/C21H21FN4O3S3/c22-17-7-3-15(4-8-17)14-30-21-25-24-20(31-21)23-13-19(27)16-5-9-18(10-6-16)32(28,29)26-11-1-2-12-26/h3-10H,1-2,11-14H2,(H,23,24). The van der Waals surface area contributed by atoms with Crippen molar-refractivity contribution in [1.82, 2.24) is 14.5 Å². The van der Waals surface area contributed by atoms with E-state index in [1.807, 2.05) is 0 Å². The van der Waals surface area contributed by atoms with Crippen molar-refractivity contribution in [2.45, 2.75) is 27.8 Å². The number of sulfonamides is 1. The average Bonchev–Trinajstić information content (AvgIpc) is 3.50. The van der Waals surface area contributed by atoms with E-state index >= 15 is 0 Å². The van der Waals surface area contributed by atoms with Crippen LogP contribution in [-0.2, 0) is 15.8 Å². The zero-order valence-corrected chi connectivity index (χ0v) is 19.5. The minimum absolute atomic E-state index is 0.0233. The lowest BCUT2D eigenvalue weighted by atomic mass is 10.1. The molecule has 0 aliphatic carbocycles. The van der Waals surface area contributed by atoms with Crippen molar-refractivity contribution in [3.63, 3.8) is 0 Å². The Hall–Kier alpha value is -2.34. The Morgan fingerprint density at radius 1 is 1.06 bits per heavy atom. The molecule has 0 saturated carbocycles. The molecule has 0 unspecified atom stereocenters. The Labute approximate surface area is 194 Å². The molecule has 168 valence electrons. The number of anilines is 1. The van der Waals surface area contributed by atoms with Gasteiger partial charge in [-0.25, -0.2) is 12.8 Å². The lowest BCUT2D eigenvalue weighted by molar-refractivity contribution is 0.101. The maximum absolute atomic E-state index is 13.0. The topological polar surface area (TPSA) is 92.3 Å². The summed E-state index contributed by atoms with van der Waals surface area (Å²) in [5, 5.41) is 11.6. The van der Waals surface area contributed by atoms with Gasteiger partial charge >= 0.3 is 0 Å². The van der Waals surface area contributed by atoms with Gasteiger partial charge in [-0.15, -0.1) is 10.2 Å². The highest BCUT2D eigenvalue weighted by atomic mass is 32.2. The highest BCUT2D eigenvalue weighted by molar-refractivity contribution is 8.00. The Morgan fingerprint density at radius 3 is 2.44 bits per heavy atom. The molecule has 1 N–H and O–H groups in total. The Balaban J connectivity index is 1.29. The van der Waals surface area contributed by atoms with E-state index in [9.17, 15) is 17.6 Å². The van der Waals surface area contributed by atoms with Crippen LogP contribution in [0.4, 0.5) is 9.52 Å². The van der Waals surface area contributed by atoms with Crippen molar-refractivity contribution < 1.29 is 17.6 Å². The maximum Gasteiger partial charge on any atom is 0.243 e. The van der Waals surface area contributed by atoms with E-state index in [0.717, 1.165) is 22.7 Å². The predicted molar refractivity (Wildman–Crippen MR) is 123 cm³/mol. The van der Waals surface area contributed by atoms with Gasteiger partial charge in [0.15, 0.2) is 10.1 Å². The predicted octanol–water partition coefficient (Wildman–Crippen LogP) is 4.05. The van der Waals surface area contributed by atoms with Crippen molar-refractivity contribution in [3.8, 4) is 0 Å². The first-order chi connectivity index (χ1) is 15.4. The number of nitrogens with one attached hydrogen (secondary N) is 1. The third-order valence-electron chi connectivity index (χ3n) is 4.96. The van der Waals surface area contributed by atoms with E-state index in [1.165, 1.54) is 63.8 Å². The summed E-state index contributed by atoms with van der Waals surface area (Å²) in [7, 11) is -3.49. The van der Waals surface area contributed by atoms with Crippen LogP contribution in [-0.4, -0.2) is 48.3 Å². The first-order valence-electron chi connectivity index (χ1n) is 10.00. The van der Waals surface area contributed by atoms with E-state index in [0.29, 0.717) is 29.5 Å². The average molecular weight is 493 g/mol. The van der Waals surface area contributed by atoms with E-state index in [1.54, 1.807) is 12.1 Å². The molecule has 0 bridgehead atoms. The van der Waals surface area contributed by atoms with Crippen LogP contribution in [0.5, 0.6) is 0 Å². The van der Waals surface area contributed by atoms with Gasteiger partial charge in [0, 0.05) is 24.4 Å². The fourth-order valence-corrected chi connectivity index (χ4v) is 6.43. The monoisotopic (exact) mass is 492 g/mol. The number of benzene rings is 2. The number of hydrogen-bond donors (Lipinski definition) is 1. The molecule has 1 aliphatic heterocycles. The molecular weight excluding hydrogens is 471 g/mol. The van der Waals surface area contributed by atoms with Crippen LogP contribution in [0.3, 0.4) is 0 Å². The van der Waals surface area contributed by atoms with Gasteiger partial charge in [-0.1, -0.05) is 35.2 Å². The third kappa shape index (κ3) is 5.52. The fourth-order valence-electron chi connectivity index (χ4n) is 3.21. The largest absolute Gasteiger partial charge is 0.353 e. The zero-order valence-electron chi connectivity index (χ0n) is 17.0. The summed E-state index contributed by atoms with van der Waals surface area (Å²) in [6.45, 7) is 1.10. The normalized spacial score (nSPS) is 14.5. The second-order valence-corrected chi connectivity index (χ2v) is 11.3. The number of Topliss-reactive ketones (excluding diaryl/α,β-unsaturated/α-hetero) is 1. The number of ketones is 1. The fraction of sp³-hybridized carbons (Fsp3) is 0.286. The first kappa shape index (κ1) is 22.8. The first-order valence-corrected chi connectivity index (χ1v) is 13.2. The van der Waals surface area contributed by atoms with E-state index in [4.69, 9.17) is 0 Å². The minimum Gasteiger partial charge on any atom is -0.353 e. The molecule has 7 nitrogen and oxygen atoms in total. The molecule has 0 spiro atoms. The van der Waals surface area contributed by atoms with E-state index < -0.39 is 10.0 Å². The van der Waals surface area contributed by atoms with E-state index in [2.05, 4.69) is 15.5 Å². The molecule has 2 aromatic carbocycles. The summed E-state index contributed by atoms with van der Waals surface area (Å²) in [6, 6.07) is 12.3. The minimum atomic E-state index is -3.49. The molecule has 3 aromatic rings. The molecule has 32 heavy (non-hydrogen) atoms. The summed E-state index contributed by atoms with van der Waals surface area (Å²) in [5.41, 5.74) is 1.40. The Morgan fingerprint density at radius 2 is 1.75 bits per heavy atom. The number of nitrogens with zero attached hydrogens (tertiary/aromatic N) is 3. The summed E-state index contributed by atoms with van der Waals surface area (Å²) in [4.78, 5) is 12.7. The van der Waals surface area contributed by atoms with Gasteiger partial charge in [0.25, 0.3) is 0 Å². The smallest absolute Gasteiger partial charge is 0.243 e. The molecule has 1 aromatic heterocycles. The van der Waals surface area contributed by atoms with Crippen LogP contribution in [0.25, 0.3) is 0 Å². The van der Waals surface area contributed by atoms with Crippen molar-refractivity contribution in [1.29, 1.82) is 0 Å². The summed E-state index contributed by atoms with van der Waals surface area (Å²) < 4.78 is 40.4. The number of thioether (sulfide) groups is 1. The van der Waals surface area contributed by atoms with Crippen LogP contribution in [0.1, 0.15) is 28.8 Å². The SMILES string of the molecule is O=C(CNc1nnc(SCc2ccc(F)cc2)s1)c1ccc(S(=O)(=O)N2CCCC2)cc1. The lowest BCUT2D eigenvalue weighted by Gasteiger charge is -2.15. The lowest BCUT2D eigenvalue weighted by Crippen LogP contribution is -2.27. The maximum atomic E-state index is 13.0. The van der Waals surface area contributed by atoms with Crippen molar-refractivity contribution >= 4 is 44.0 Å². The van der Waals surface area contributed by atoms with Gasteiger partial charge in [0.05, 0.1) is 11.4 Å². The highest BCUT2D eigenvalue weighted by Gasteiger charge is 2.27. The van der Waals surface area contributed by atoms with Gasteiger partial charge in [0.1, 0.15) is 5.82 Å². The molecule has 4 rings (SSSR count). The van der Waals surface area contributed by atoms with Crippen LogP contribution < -0.4 is 5.32 Å². The number of hydrogen-bond acceptors (Lipinski definition) is 8. The molecular formula is C21H21FN4O3S3. The Bertz CT molecular complexity index is 1180. The highest BCUT2D eigenvalue weighted by Crippen LogP contribution is 2.28. The molecule has 1 fully saturated rings. The zero-order chi connectivity index (χ0) is 22.6. The van der Waals surface area contributed by atoms with Gasteiger partial charge in [-0.2, -0.15) is 4.31 Å². The van der Waals surface area contributed by atoms with E-state index in [-0.39, 0.29) is 23.0 Å². The third-order valence-corrected chi connectivity index (χ3v) is 8.96. The van der Waals surface area contributed by atoms with Crippen molar-refractivity contribution in [2.75, 3.05) is 25.0 Å². The summed E-state index contributed by atoms with van der Waals surface area (Å²) in [5.74, 6) is 0.195. The molecule has 0 amide bonds. The van der Waals surface area contributed by atoms with Crippen LogP contribution >= 0.6 is 23.1 Å². The quantitative estimate of drug-likeness (QED) is 0.356. The van der Waals surface area contributed by atoms with Gasteiger partial charge in [-0.3, -0.25) is 4.79 Å². The molecule has 0 atom stereocenters. The van der Waals surface area contributed by atoms with Crippen molar-refractivity contribution in [3.05, 3.63) is 65.5 Å². The van der Waals surface area contributed by atoms with Crippen LogP contribution in [0.15, 0.2) is 57.8 Å². The van der Waals surface area contributed by atoms with Crippen LogP contribution in [0.2, 0.25) is 0 Å². The molecule has 1 aliphatic rings. The molecule has 2 heterocycles. The van der Waals surface area contributed by atoms with Gasteiger partial charge in [0.2, 0.25) is 15.2 Å². The number of carbonyl (C=O) groups excluding carboxylic acids is 1.